The molecule has 0 fully saturated rings. The number of fused-ring (bicyclic) bond motifs is 1. The summed E-state index contributed by atoms with van der Waals surface area (Å²) < 4.78 is 2.90. The molecule has 29 heavy (non-hydrogen) atoms. The Labute approximate surface area is 173 Å². The minimum Gasteiger partial charge on any atom is -0.331 e. The quantitative estimate of drug-likeness (QED) is 0.628. The van der Waals surface area contributed by atoms with E-state index in [1.165, 1.54) is 42.7 Å². The second-order valence-electron chi connectivity index (χ2n) is 6.46. The number of benzene rings is 1. The highest BCUT2D eigenvalue weighted by atomic mass is 79.9. The van der Waals surface area contributed by atoms with Crippen molar-refractivity contribution in [3.05, 3.63) is 67.4 Å². The maximum Gasteiger partial charge on any atom is 0.332 e. The summed E-state index contributed by atoms with van der Waals surface area (Å²) in [5.74, 6) is -0.892. The van der Waals surface area contributed by atoms with Gasteiger partial charge in [-0.2, -0.15) is 0 Å². The van der Waals surface area contributed by atoms with E-state index in [0.717, 1.165) is 9.04 Å². The third kappa shape index (κ3) is 3.97. The van der Waals surface area contributed by atoms with E-state index in [0.29, 0.717) is 5.69 Å². The summed E-state index contributed by atoms with van der Waals surface area (Å²) in [7, 11) is 4.32. The Morgan fingerprint density at radius 2 is 1.79 bits per heavy atom. The molecule has 1 N–H and O–H groups in total. The summed E-state index contributed by atoms with van der Waals surface area (Å²) in [5, 5.41) is 2.94. The van der Waals surface area contributed by atoms with E-state index in [1.807, 2.05) is 6.07 Å². The summed E-state index contributed by atoms with van der Waals surface area (Å²) >= 11 is 3.34. The lowest BCUT2D eigenvalue weighted by molar-refractivity contribution is -0.116. The number of nitrogens with zero attached hydrogens (tertiary/aromatic N) is 4. The average Bonchev–Trinajstić information content (AvgIpc) is 2.71. The molecule has 1 aromatic carbocycles. The lowest BCUT2D eigenvalue weighted by Gasteiger charge is -2.17. The molecule has 0 unspecified atom stereocenters. The van der Waals surface area contributed by atoms with Crippen LogP contribution in [0.4, 0.5) is 5.69 Å². The van der Waals surface area contributed by atoms with Crippen molar-refractivity contribution in [2.45, 2.75) is 0 Å². The van der Waals surface area contributed by atoms with Crippen molar-refractivity contribution in [2.75, 3.05) is 18.9 Å². The number of halogens is 1. The Hall–Kier alpha value is -3.27. The van der Waals surface area contributed by atoms with Gasteiger partial charge in [-0.1, -0.05) is 12.1 Å². The van der Waals surface area contributed by atoms with Gasteiger partial charge in [0.1, 0.15) is 11.3 Å². The molecule has 0 radical (unpaired) electrons. The molecule has 2 amide bonds. The molecular formula is C19H18BrN5O4. The van der Waals surface area contributed by atoms with E-state index in [9.17, 15) is 19.2 Å². The molecule has 150 valence electrons. The molecule has 0 saturated carbocycles. The molecule has 2 aromatic heterocycles. The normalized spacial score (nSPS) is 10.8. The molecule has 0 atom stereocenters. The minimum atomic E-state index is -0.541. The predicted molar refractivity (Wildman–Crippen MR) is 112 cm³/mol. The van der Waals surface area contributed by atoms with E-state index >= 15 is 0 Å². The van der Waals surface area contributed by atoms with Gasteiger partial charge in [0.05, 0.1) is 17.6 Å². The van der Waals surface area contributed by atoms with Gasteiger partial charge in [0.2, 0.25) is 5.91 Å². The molecule has 0 spiro atoms. The molecule has 0 aliphatic carbocycles. The molecule has 0 aliphatic rings. The van der Waals surface area contributed by atoms with Crippen molar-refractivity contribution >= 4 is 44.5 Å². The van der Waals surface area contributed by atoms with Crippen molar-refractivity contribution in [1.29, 1.82) is 0 Å². The molecule has 10 heteroatoms. The monoisotopic (exact) mass is 459 g/mol. The van der Waals surface area contributed by atoms with Crippen LogP contribution in [-0.4, -0.2) is 44.4 Å². The van der Waals surface area contributed by atoms with Gasteiger partial charge in [0.25, 0.3) is 11.5 Å². The van der Waals surface area contributed by atoms with Crippen LogP contribution in [0.5, 0.6) is 0 Å². The number of hydrogen-bond acceptors (Lipinski definition) is 5. The number of nitrogens with one attached hydrogen (secondary N) is 1. The molecule has 0 bridgehead atoms. The van der Waals surface area contributed by atoms with Crippen LogP contribution in [0.25, 0.3) is 11.0 Å². The highest BCUT2D eigenvalue weighted by Gasteiger charge is 2.19. The summed E-state index contributed by atoms with van der Waals surface area (Å²) in [5.41, 5.74) is -0.309. The SMILES string of the molecule is CN(CC(=O)Nc1ccccc1Br)C(=O)c1ccc2c(=O)n(C)c(=O)n(C)c2n1. The van der Waals surface area contributed by atoms with Crippen molar-refractivity contribution in [2.24, 2.45) is 14.1 Å². The first kappa shape index (κ1) is 20.5. The van der Waals surface area contributed by atoms with Gasteiger partial charge in [-0.15, -0.1) is 0 Å². The Bertz CT molecular complexity index is 1250. The molecule has 3 rings (SSSR count). The maximum absolute atomic E-state index is 12.7. The number of hydrogen-bond donors (Lipinski definition) is 1. The van der Waals surface area contributed by atoms with Crippen LogP contribution in [-0.2, 0) is 18.9 Å². The van der Waals surface area contributed by atoms with Crippen molar-refractivity contribution in [3.8, 4) is 0 Å². The molecule has 2 heterocycles. The standard InChI is InChI=1S/C19H18BrN5O4/c1-23(10-15(26)21-13-7-5-4-6-12(13)20)18(28)14-9-8-11-16(22-14)24(2)19(29)25(3)17(11)27/h4-9H,10H2,1-3H3,(H,21,26). The van der Waals surface area contributed by atoms with E-state index in [1.54, 1.807) is 18.2 Å². The van der Waals surface area contributed by atoms with E-state index in [2.05, 4.69) is 26.2 Å². The Morgan fingerprint density at radius 1 is 1.10 bits per heavy atom. The fraction of sp³-hybridized carbons (Fsp3) is 0.211. The molecular weight excluding hydrogens is 442 g/mol. The third-order valence-electron chi connectivity index (χ3n) is 4.40. The number of aromatic nitrogens is 3. The largest absolute Gasteiger partial charge is 0.332 e. The highest BCUT2D eigenvalue weighted by Crippen LogP contribution is 2.21. The second-order valence-corrected chi connectivity index (χ2v) is 7.32. The third-order valence-corrected chi connectivity index (χ3v) is 5.09. The summed E-state index contributed by atoms with van der Waals surface area (Å²) in [6, 6.07) is 9.98. The van der Waals surface area contributed by atoms with E-state index in [4.69, 9.17) is 0 Å². The lowest BCUT2D eigenvalue weighted by Crippen LogP contribution is -2.38. The van der Waals surface area contributed by atoms with Gasteiger partial charge in [-0.3, -0.25) is 23.5 Å². The lowest BCUT2D eigenvalue weighted by atomic mass is 10.2. The van der Waals surface area contributed by atoms with Crippen LogP contribution in [0, 0.1) is 0 Å². The van der Waals surface area contributed by atoms with Gasteiger partial charge >= 0.3 is 5.69 Å². The smallest absolute Gasteiger partial charge is 0.331 e. The Kier molecular flexibility index (Phi) is 5.64. The zero-order valence-electron chi connectivity index (χ0n) is 16.0. The van der Waals surface area contributed by atoms with Gasteiger partial charge in [0, 0.05) is 25.6 Å². The van der Waals surface area contributed by atoms with Crippen LogP contribution in [0.1, 0.15) is 10.5 Å². The summed E-state index contributed by atoms with van der Waals surface area (Å²) in [6.07, 6.45) is 0. The number of likely N-dealkylation sites (N-methyl/N-ethyl adjacent to an activating group) is 1. The van der Waals surface area contributed by atoms with Gasteiger partial charge in [0.15, 0.2) is 0 Å². The summed E-state index contributed by atoms with van der Waals surface area (Å²) in [4.78, 5) is 54.7. The number of para-hydroxylation sites is 1. The van der Waals surface area contributed by atoms with Crippen molar-refractivity contribution in [1.82, 2.24) is 19.0 Å². The van der Waals surface area contributed by atoms with Crippen molar-refractivity contribution in [3.63, 3.8) is 0 Å². The number of amides is 2. The van der Waals surface area contributed by atoms with Crippen LogP contribution >= 0.6 is 15.9 Å². The van der Waals surface area contributed by atoms with Crippen LogP contribution in [0.2, 0.25) is 0 Å². The van der Waals surface area contributed by atoms with Crippen LogP contribution in [0.3, 0.4) is 0 Å². The first-order valence-corrected chi connectivity index (χ1v) is 9.36. The van der Waals surface area contributed by atoms with Gasteiger partial charge in [-0.25, -0.2) is 9.78 Å². The minimum absolute atomic E-state index is 0.0249. The maximum atomic E-state index is 12.7. The zero-order chi connectivity index (χ0) is 21.3. The second kappa shape index (κ2) is 8.00. The van der Waals surface area contributed by atoms with E-state index < -0.39 is 17.2 Å². The molecule has 3 aromatic rings. The molecule has 0 aliphatic heterocycles. The van der Waals surface area contributed by atoms with Crippen LogP contribution in [0.15, 0.2) is 50.5 Å². The van der Waals surface area contributed by atoms with Crippen LogP contribution < -0.4 is 16.6 Å². The fourth-order valence-corrected chi connectivity index (χ4v) is 3.19. The number of carbonyl (C=O) groups is 2. The highest BCUT2D eigenvalue weighted by molar-refractivity contribution is 9.10. The van der Waals surface area contributed by atoms with E-state index in [-0.39, 0.29) is 29.2 Å². The van der Waals surface area contributed by atoms with Crippen molar-refractivity contribution < 1.29 is 9.59 Å². The zero-order valence-corrected chi connectivity index (χ0v) is 17.6. The number of anilines is 1. The number of carbonyl (C=O) groups excluding carboxylic acids is 2. The predicted octanol–water partition coefficient (Wildman–Crippen LogP) is 1.11. The summed E-state index contributed by atoms with van der Waals surface area (Å²) in [6.45, 7) is -0.199. The Morgan fingerprint density at radius 3 is 2.48 bits per heavy atom. The Balaban J connectivity index is 1.83. The topological polar surface area (TPSA) is 106 Å². The number of aryl methyl sites for hydroxylation is 1. The average molecular weight is 460 g/mol. The molecule has 9 nitrogen and oxygen atoms in total. The first-order chi connectivity index (χ1) is 13.7. The number of pyridine rings is 1. The number of rotatable bonds is 4. The van der Waals surface area contributed by atoms with Gasteiger partial charge in [-0.05, 0) is 40.2 Å². The first-order valence-electron chi connectivity index (χ1n) is 8.57. The van der Waals surface area contributed by atoms with Gasteiger partial charge < -0.3 is 10.2 Å². The molecule has 0 saturated heterocycles. The fourth-order valence-electron chi connectivity index (χ4n) is 2.81.